The van der Waals surface area contributed by atoms with Crippen LogP contribution in [0.5, 0.6) is 0 Å². The maximum atomic E-state index is 11.5. The van der Waals surface area contributed by atoms with Crippen molar-refractivity contribution in [2.75, 3.05) is 12.9 Å². The van der Waals surface area contributed by atoms with E-state index in [4.69, 9.17) is 5.26 Å². The molecule has 1 rings (SSSR count). The Hall–Kier alpha value is -1.25. The van der Waals surface area contributed by atoms with Gasteiger partial charge in [0.05, 0.1) is 7.11 Å². The van der Waals surface area contributed by atoms with Crippen LogP contribution in [0.15, 0.2) is 34.3 Å². The molecule has 0 fully saturated rings. The zero-order valence-electron chi connectivity index (χ0n) is 9.14. The largest absolute Gasteiger partial charge is 0.466 e. The number of benzene rings is 1. The summed E-state index contributed by atoms with van der Waals surface area (Å²) >= 11 is 4.40. The van der Waals surface area contributed by atoms with Crippen LogP contribution in [-0.2, 0) is 9.53 Å². The van der Waals surface area contributed by atoms with Gasteiger partial charge in [-0.25, -0.2) is 4.79 Å². The average Bonchev–Trinajstić information content (AvgIpc) is 2.35. The molecule has 5 heteroatoms. The van der Waals surface area contributed by atoms with Crippen molar-refractivity contribution >= 4 is 39.7 Å². The summed E-state index contributed by atoms with van der Waals surface area (Å²) in [5.74, 6) is -0.103. The van der Waals surface area contributed by atoms with Crippen molar-refractivity contribution in [3.63, 3.8) is 0 Å². The standard InChI is InChI=1S/C12H10BrNO2S/c1-16-12(15)10(7-17-8-14)6-9-4-2-3-5-11(9)13/h2-6H,7H2,1H3/b10-6+. The highest BCUT2D eigenvalue weighted by atomic mass is 79.9. The van der Waals surface area contributed by atoms with Gasteiger partial charge in [-0.1, -0.05) is 34.1 Å². The van der Waals surface area contributed by atoms with Gasteiger partial charge in [0.1, 0.15) is 5.40 Å². The van der Waals surface area contributed by atoms with Gasteiger partial charge in [0, 0.05) is 15.8 Å². The van der Waals surface area contributed by atoms with Crippen LogP contribution in [0, 0.1) is 10.7 Å². The van der Waals surface area contributed by atoms with Crippen LogP contribution in [0.2, 0.25) is 0 Å². The summed E-state index contributed by atoms with van der Waals surface area (Å²) < 4.78 is 5.57. The lowest BCUT2D eigenvalue weighted by atomic mass is 10.1. The number of ether oxygens (including phenoxy) is 1. The van der Waals surface area contributed by atoms with Crippen LogP contribution in [-0.4, -0.2) is 18.8 Å². The van der Waals surface area contributed by atoms with E-state index in [2.05, 4.69) is 20.7 Å². The fraction of sp³-hybridized carbons (Fsp3) is 0.167. The molecule has 0 aliphatic heterocycles. The van der Waals surface area contributed by atoms with Crippen molar-refractivity contribution in [2.45, 2.75) is 0 Å². The van der Waals surface area contributed by atoms with E-state index in [0.29, 0.717) is 11.3 Å². The molecule has 0 atom stereocenters. The molecular formula is C12H10BrNO2S. The smallest absolute Gasteiger partial charge is 0.334 e. The van der Waals surface area contributed by atoms with E-state index in [1.807, 2.05) is 29.7 Å². The van der Waals surface area contributed by atoms with Gasteiger partial charge in [0.15, 0.2) is 0 Å². The zero-order chi connectivity index (χ0) is 12.7. The first-order valence-corrected chi connectivity index (χ1v) is 6.51. The van der Waals surface area contributed by atoms with E-state index in [0.717, 1.165) is 21.8 Å². The van der Waals surface area contributed by atoms with E-state index in [1.165, 1.54) is 7.11 Å². The number of hydrogen-bond donors (Lipinski definition) is 0. The number of carbonyl (C=O) groups excluding carboxylic acids is 1. The molecule has 0 saturated carbocycles. The molecule has 0 saturated heterocycles. The molecule has 88 valence electrons. The van der Waals surface area contributed by atoms with E-state index < -0.39 is 5.97 Å². The van der Waals surface area contributed by atoms with Crippen LogP contribution in [0.1, 0.15) is 5.56 Å². The molecule has 0 aliphatic carbocycles. The van der Waals surface area contributed by atoms with Gasteiger partial charge in [-0.05, 0) is 29.5 Å². The quantitative estimate of drug-likeness (QED) is 0.486. The Balaban J connectivity index is 3.01. The molecule has 3 nitrogen and oxygen atoms in total. The molecule has 1 aromatic carbocycles. The number of esters is 1. The number of nitrogens with zero attached hydrogens (tertiary/aromatic N) is 1. The molecule has 0 aliphatic rings. The summed E-state index contributed by atoms with van der Waals surface area (Å²) in [6.07, 6.45) is 1.72. The number of nitriles is 1. The highest BCUT2D eigenvalue weighted by molar-refractivity contribution is 9.10. The minimum atomic E-state index is -0.413. The van der Waals surface area contributed by atoms with Gasteiger partial charge in [-0.3, -0.25) is 0 Å². The summed E-state index contributed by atoms with van der Waals surface area (Å²) in [5, 5.41) is 10.4. The molecule has 0 aromatic heterocycles. The van der Waals surface area contributed by atoms with Crippen LogP contribution in [0.3, 0.4) is 0 Å². The third-order valence-corrected chi connectivity index (χ3v) is 3.28. The van der Waals surface area contributed by atoms with E-state index in [9.17, 15) is 4.79 Å². The first kappa shape index (κ1) is 13.8. The first-order chi connectivity index (χ1) is 8.19. The normalized spacial score (nSPS) is 10.8. The topological polar surface area (TPSA) is 50.1 Å². The van der Waals surface area contributed by atoms with E-state index >= 15 is 0 Å². The predicted octanol–water partition coefficient (Wildman–Crippen LogP) is 3.22. The fourth-order valence-corrected chi connectivity index (χ4v) is 2.00. The Bertz CT molecular complexity index is 480. The first-order valence-electron chi connectivity index (χ1n) is 4.73. The summed E-state index contributed by atoms with van der Waals surface area (Å²) in [5.41, 5.74) is 1.34. The minimum Gasteiger partial charge on any atom is -0.466 e. The maximum absolute atomic E-state index is 11.5. The number of thiocyanates is 1. The van der Waals surface area contributed by atoms with Crippen molar-refractivity contribution in [3.8, 4) is 5.40 Å². The average molecular weight is 312 g/mol. The lowest BCUT2D eigenvalue weighted by Crippen LogP contribution is -2.06. The van der Waals surface area contributed by atoms with Crippen LogP contribution in [0.25, 0.3) is 6.08 Å². The van der Waals surface area contributed by atoms with Gasteiger partial charge >= 0.3 is 5.97 Å². The molecule has 0 amide bonds. The van der Waals surface area contributed by atoms with Crippen LogP contribution in [0.4, 0.5) is 0 Å². The summed E-state index contributed by atoms with van der Waals surface area (Å²) in [4.78, 5) is 11.5. The van der Waals surface area contributed by atoms with Crippen LogP contribution < -0.4 is 0 Å². The lowest BCUT2D eigenvalue weighted by molar-refractivity contribution is -0.135. The molecular weight excluding hydrogens is 302 g/mol. The van der Waals surface area contributed by atoms with Crippen molar-refractivity contribution in [3.05, 3.63) is 39.9 Å². The summed E-state index contributed by atoms with van der Waals surface area (Å²) in [6, 6.07) is 7.54. The monoisotopic (exact) mass is 311 g/mol. The third kappa shape index (κ3) is 4.25. The Morgan fingerprint density at radius 3 is 2.88 bits per heavy atom. The Morgan fingerprint density at radius 2 is 2.29 bits per heavy atom. The number of methoxy groups -OCH3 is 1. The number of halogens is 1. The second-order valence-electron chi connectivity index (χ2n) is 3.06. The maximum Gasteiger partial charge on any atom is 0.334 e. The second-order valence-corrected chi connectivity index (χ2v) is 4.68. The van der Waals surface area contributed by atoms with E-state index in [1.54, 1.807) is 6.08 Å². The number of hydrogen-bond acceptors (Lipinski definition) is 4. The van der Waals surface area contributed by atoms with Crippen molar-refractivity contribution in [1.29, 1.82) is 5.26 Å². The summed E-state index contributed by atoms with van der Waals surface area (Å²) in [7, 11) is 1.33. The molecule has 0 bridgehead atoms. The van der Waals surface area contributed by atoms with Crippen molar-refractivity contribution in [2.24, 2.45) is 0 Å². The van der Waals surface area contributed by atoms with Gasteiger partial charge in [-0.2, -0.15) is 5.26 Å². The number of carbonyl (C=O) groups is 1. The molecule has 1 aromatic rings. The van der Waals surface area contributed by atoms with Gasteiger partial charge in [0.2, 0.25) is 0 Å². The molecule has 0 N–H and O–H groups in total. The molecule has 0 radical (unpaired) electrons. The van der Waals surface area contributed by atoms with Crippen molar-refractivity contribution < 1.29 is 9.53 Å². The van der Waals surface area contributed by atoms with Gasteiger partial charge < -0.3 is 4.74 Å². The Kier molecular flexibility index (Phi) is 5.81. The fourth-order valence-electron chi connectivity index (χ4n) is 1.18. The highest BCUT2D eigenvalue weighted by Gasteiger charge is 2.10. The molecule has 17 heavy (non-hydrogen) atoms. The Labute approximate surface area is 113 Å². The minimum absolute atomic E-state index is 0.310. The predicted molar refractivity (Wildman–Crippen MR) is 72.2 cm³/mol. The zero-order valence-corrected chi connectivity index (χ0v) is 11.5. The lowest BCUT2D eigenvalue weighted by Gasteiger charge is -2.04. The van der Waals surface area contributed by atoms with Crippen molar-refractivity contribution in [1.82, 2.24) is 0 Å². The molecule has 0 heterocycles. The highest BCUT2D eigenvalue weighted by Crippen LogP contribution is 2.20. The number of rotatable bonds is 4. The van der Waals surface area contributed by atoms with E-state index in [-0.39, 0.29) is 0 Å². The Morgan fingerprint density at radius 1 is 1.59 bits per heavy atom. The third-order valence-electron chi connectivity index (χ3n) is 1.97. The van der Waals surface area contributed by atoms with Gasteiger partial charge in [-0.15, -0.1) is 0 Å². The summed E-state index contributed by atoms with van der Waals surface area (Å²) in [6.45, 7) is 0. The number of thioether (sulfide) groups is 1. The SMILES string of the molecule is COC(=O)/C(=C/c1ccccc1Br)CSC#N. The van der Waals surface area contributed by atoms with Gasteiger partial charge in [0.25, 0.3) is 0 Å². The molecule has 0 unspecified atom stereocenters. The van der Waals surface area contributed by atoms with Crippen LogP contribution >= 0.6 is 27.7 Å². The molecule has 0 spiro atoms. The second kappa shape index (κ2) is 7.15.